The van der Waals surface area contributed by atoms with E-state index in [-0.39, 0.29) is 5.82 Å². The maximum absolute atomic E-state index is 13.1. The van der Waals surface area contributed by atoms with E-state index in [9.17, 15) is 4.39 Å². The first-order chi connectivity index (χ1) is 8.13. The summed E-state index contributed by atoms with van der Waals surface area (Å²) in [5.74, 6) is -0.339. The highest BCUT2D eigenvalue weighted by Gasteiger charge is 1.99. The summed E-state index contributed by atoms with van der Waals surface area (Å²) in [7, 11) is 0. The van der Waals surface area contributed by atoms with Crippen molar-refractivity contribution in [3.05, 3.63) is 63.3 Å². The Labute approximate surface area is 113 Å². The van der Waals surface area contributed by atoms with E-state index in [2.05, 4.69) is 21.2 Å². The number of halogens is 3. The maximum Gasteiger partial charge on any atom is 0.126 e. The van der Waals surface area contributed by atoms with E-state index < -0.39 is 0 Å². The van der Waals surface area contributed by atoms with E-state index in [1.54, 1.807) is 6.07 Å². The minimum absolute atomic E-state index is 0.339. The summed E-state index contributed by atoms with van der Waals surface area (Å²) in [5.41, 5.74) is 1.79. The molecule has 1 N–H and O–H groups in total. The second-order valence-electron chi connectivity index (χ2n) is 3.64. The predicted octanol–water partition coefficient (Wildman–Crippen LogP) is 4.85. The van der Waals surface area contributed by atoms with Gasteiger partial charge in [0.25, 0.3) is 0 Å². The first kappa shape index (κ1) is 12.4. The maximum atomic E-state index is 13.1. The third-order valence-electron chi connectivity index (χ3n) is 2.25. The second kappa shape index (κ2) is 5.52. The van der Waals surface area contributed by atoms with Crippen LogP contribution in [0.3, 0.4) is 0 Å². The lowest BCUT2D eigenvalue weighted by molar-refractivity contribution is 0.628. The van der Waals surface area contributed by atoms with Crippen LogP contribution in [-0.2, 0) is 6.54 Å². The van der Waals surface area contributed by atoms with E-state index in [1.807, 2.05) is 24.3 Å². The van der Waals surface area contributed by atoms with Gasteiger partial charge < -0.3 is 5.32 Å². The first-order valence-corrected chi connectivity index (χ1v) is 6.25. The van der Waals surface area contributed by atoms with E-state index in [1.165, 1.54) is 12.1 Å². The van der Waals surface area contributed by atoms with Crippen molar-refractivity contribution in [2.24, 2.45) is 0 Å². The lowest BCUT2D eigenvalue weighted by Crippen LogP contribution is -1.99. The Morgan fingerprint density at radius 3 is 2.71 bits per heavy atom. The van der Waals surface area contributed by atoms with Gasteiger partial charge in [-0.25, -0.2) is 4.39 Å². The predicted molar refractivity (Wildman–Crippen MR) is 72.9 cm³/mol. The highest BCUT2D eigenvalue weighted by atomic mass is 79.9. The molecule has 0 aliphatic heterocycles. The lowest BCUT2D eigenvalue weighted by atomic mass is 10.2. The number of nitrogens with one attached hydrogen (secondary N) is 1. The van der Waals surface area contributed by atoms with Gasteiger partial charge in [0, 0.05) is 21.7 Å². The minimum Gasteiger partial charge on any atom is -0.381 e. The van der Waals surface area contributed by atoms with Gasteiger partial charge in [-0.15, -0.1) is 0 Å². The van der Waals surface area contributed by atoms with Crippen LogP contribution >= 0.6 is 27.5 Å². The number of anilines is 1. The van der Waals surface area contributed by atoms with Crippen LogP contribution in [0.2, 0.25) is 5.02 Å². The third-order valence-corrected chi connectivity index (χ3v) is 2.96. The number of hydrogen-bond donors (Lipinski definition) is 1. The van der Waals surface area contributed by atoms with E-state index >= 15 is 0 Å². The van der Waals surface area contributed by atoms with Crippen LogP contribution < -0.4 is 5.32 Å². The van der Waals surface area contributed by atoms with Gasteiger partial charge >= 0.3 is 0 Å². The molecule has 0 aromatic heterocycles. The molecule has 17 heavy (non-hydrogen) atoms. The topological polar surface area (TPSA) is 12.0 Å². The van der Waals surface area contributed by atoms with Gasteiger partial charge in [0.15, 0.2) is 0 Å². The molecule has 0 aliphatic rings. The van der Waals surface area contributed by atoms with Crippen molar-refractivity contribution in [1.29, 1.82) is 0 Å². The molecule has 0 spiro atoms. The summed E-state index contributed by atoms with van der Waals surface area (Å²) in [4.78, 5) is 0. The highest BCUT2D eigenvalue weighted by molar-refractivity contribution is 9.10. The van der Waals surface area contributed by atoms with Crippen LogP contribution in [0.4, 0.5) is 10.1 Å². The zero-order valence-electron chi connectivity index (χ0n) is 8.88. The van der Waals surface area contributed by atoms with Crippen LogP contribution in [0, 0.1) is 5.82 Å². The first-order valence-electron chi connectivity index (χ1n) is 5.08. The Hall–Kier alpha value is -1.06. The molecule has 0 fully saturated rings. The van der Waals surface area contributed by atoms with Gasteiger partial charge in [0.1, 0.15) is 5.82 Å². The number of hydrogen-bond acceptors (Lipinski definition) is 1. The van der Waals surface area contributed by atoms with E-state index in [4.69, 9.17) is 11.6 Å². The second-order valence-corrected chi connectivity index (χ2v) is 4.99. The largest absolute Gasteiger partial charge is 0.381 e. The Balaban J connectivity index is 2.07. The average Bonchev–Trinajstić information content (AvgIpc) is 2.25. The van der Waals surface area contributed by atoms with Crippen molar-refractivity contribution in [1.82, 2.24) is 0 Å². The molecule has 4 heteroatoms. The van der Waals surface area contributed by atoms with Crippen molar-refractivity contribution in [2.45, 2.75) is 6.54 Å². The molecule has 2 rings (SSSR count). The Morgan fingerprint density at radius 1 is 1.18 bits per heavy atom. The fourth-order valence-electron chi connectivity index (χ4n) is 1.51. The number of benzene rings is 2. The normalized spacial score (nSPS) is 10.3. The molecule has 0 radical (unpaired) electrons. The zero-order valence-corrected chi connectivity index (χ0v) is 11.2. The van der Waals surface area contributed by atoms with Crippen molar-refractivity contribution in [3.63, 3.8) is 0 Å². The van der Waals surface area contributed by atoms with Crippen LogP contribution in [0.5, 0.6) is 0 Å². The lowest BCUT2D eigenvalue weighted by Gasteiger charge is -2.07. The highest BCUT2D eigenvalue weighted by Crippen LogP contribution is 2.19. The van der Waals surface area contributed by atoms with Crippen molar-refractivity contribution < 1.29 is 4.39 Å². The molecule has 0 amide bonds. The summed E-state index contributed by atoms with van der Waals surface area (Å²) in [6, 6.07) is 12.3. The number of rotatable bonds is 3. The van der Waals surface area contributed by atoms with Gasteiger partial charge in [-0.3, -0.25) is 0 Å². The van der Waals surface area contributed by atoms with Crippen molar-refractivity contribution in [3.8, 4) is 0 Å². The summed E-state index contributed by atoms with van der Waals surface area (Å²) in [5, 5.41) is 3.52. The average molecular weight is 315 g/mol. The van der Waals surface area contributed by atoms with Crippen LogP contribution in [0.1, 0.15) is 5.56 Å². The van der Waals surface area contributed by atoms with Gasteiger partial charge in [-0.05, 0) is 35.9 Å². The Bertz CT molecular complexity index is 510. The quantitative estimate of drug-likeness (QED) is 0.853. The SMILES string of the molecule is Fc1cc(Cl)cc(NCc2cccc(Br)c2)c1. The summed E-state index contributed by atoms with van der Waals surface area (Å²) in [6.45, 7) is 0.624. The van der Waals surface area contributed by atoms with Gasteiger partial charge in [-0.1, -0.05) is 39.7 Å². The van der Waals surface area contributed by atoms with Gasteiger partial charge in [0.2, 0.25) is 0 Å². The molecule has 0 unspecified atom stereocenters. The third kappa shape index (κ3) is 3.72. The molecule has 2 aromatic rings. The molecule has 2 aromatic carbocycles. The zero-order chi connectivity index (χ0) is 12.3. The summed E-state index contributed by atoms with van der Waals surface area (Å²) < 4.78 is 14.1. The molecule has 0 bridgehead atoms. The fourth-order valence-corrected chi connectivity index (χ4v) is 2.18. The van der Waals surface area contributed by atoms with Crippen LogP contribution in [0.15, 0.2) is 46.9 Å². The molecular weight excluding hydrogens is 305 g/mol. The molecule has 0 atom stereocenters. The smallest absolute Gasteiger partial charge is 0.126 e. The molecule has 88 valence electrons. The van der Waals surface area contributed by atoms with Crippen LogP contribution in [-0.4, -0.2) is 0 Å². The van der Waals surface area contributed by atoms with E-state index in [0.29, 0.717) is 17.3 Å². The molecule has 0 heterocycles. The molecule has 1 nitrogen and oxygen atoms in total. The van der Waals surface area contributed by atoms with Gasteiger partial charge in [0.05, 0.1) is 0 Å². The van der Waals surface area contributed by atoms with Crippen molar-refractivity contribution >= 4 is 33.2 Å². The van der Waals surface area contributed by atoms with E-state index in [0.717, 1.165) is 10.0 Å². The standard InChI is InChI=1S/C13H10BrClFN/c14-10-3-1-2-9(4-10)8-17-13-6-11(15)5-12(16)7-13/h1-7,17H,8H2. The fraction of sp³-hybridized carbons (Fsp3) is 0.0769. The van der Waals surface area contributed by atoms with Gasteiger partial charge in [-0.2, -0.15) is 0 Å². The molecular formula is C13H10BrClFN. The molecule has 0 saturated carbocycles. The summed E-state index contributed by atoms with van der Waals surface area (Å²) >= 11 is 9.17. The molecule has 0 aliphatic carbocycles. The van der Waals surface area contributed by atoms with Crippen molar-refractivity contribution in [2.75, 3.05) is 5.32 Å². The Kier molecular flexibility index (Phi) is 4.02. The monoisotopic (exact) mass is 313 g/mol. The summed E-state index contributed by atoms with van der Waals surface area (Å²) in [6.07, 6.45) is 0. The van der Waals surface area contributed by atoms with Crippen LogP contribution in [0.25, 0.3) is 0 Å². The molecule has 0 saturated heterocycles. The minimum atomic E-state index is -0.339. The Morgan fingerprint density at radius 2 is 2.00 bits per heavy atom.